The molecule has 0 aliphatic heterocycles. The molecule has 0 saturated carbocycles. The van der Waals surface area contributed by atoms with Crippen molar-refractivity contribution in [2.75, 3.05) is 13.2 Å². The first-order valence-electron chi connectivity index (χ1n) is 6.60. The van der Waals surface area contributed by atoms with Crippen molar-refractivity contribution < 1.29 is 9.53 Å². The van der Waals surface area contributed by atoms with Gasteiger partial charge in [0.1, 0.15) is 6.61 Å². The quantitative estimate of drug-likeness (QED) is 0.491. The number of hydrogen-bond donors (Lipinski definition) is 0. The minimum absolute atomic E-state index is 0.0519. The SMILES string of the molecule is CCCCCCCOCC(=O)c1ccc(Br)cc1. The van der Waals surface area contributed by atoms with E-state index in [0.29, 0.717) is 12.2 Å². The monoisotopic (exact) mass is 312 g/mol. The first-order chi connectivity index (χ1) is 8.74. The molecule has 0 heterocycles. The molecule has 0 amide bonds. The van der Waals surface area contributed by atoms with Crippen LogP contribution in [-0.4, -0.2) is 19.0 Å². The molecule has 0 fully saturated rings. The average molecular weight is 313 g/mol. The lowest BCUT2D eigenvalue weighted by Gasteiger charge is -2.04. The zero-order valence-corrected chi connectivity index (χ0v) is 12.5. The zero-order chi connectivity index (χ0) is 13.2. The summed E-state index contributed by atoms with van der Waals surface area (Å²) in [7, 11) is 0. The van der Waals surface area contributed by atoms with Crippen LogP contribution in [0.2, 0.25) is 0 Å². The van der Waals surface area contributed by atoms with E-state index in [2.05, 4.69) is 22.9 Å². The molecule has 1 rings (SSSR count). The number of halogens is 1. The molecule has 1 aromatic rings. The molecular formula is C15H21BrO2. The summed E-state index contributed by atoms with van der Waals surface area (Å²) in [4.78, 5) is 11.8. The van der Waals surface area contributed by atoms with Gasteiger partial charge in [-0.25, -0.2) is 0 Å². The summed E-state index contributed by atoms with van der Waals surface area (Å²) in [5, 5.41) is 0. The van der Waals surface area contributed by atoms with E-state index in [-0.39, 0.29) is 12.4 Å². The van der Waals surface area contributed by atoms with Gasteiger partial charge in [0.2, 0.25) is 0 Å². The summed E-state index contributed by atoms with van der Waals surface area (Å²) >= 11 is 3.35. The van der Waals surface area contributed by atoms with Crippen molar-refractivity contribution in [3.05, 3.63) is 34.3 Å². The molecule has 0 bridgehead atoms. The standard InChI is InChI=1S/C15H21BrO2/c1-2-3-4-5-6-11-18-12-15(17)13-7-9-14(16)10-8-13/h7-10H,2-6,11-12H2,1H3. The number of benzene rings is 1. The molecular weight excluding hydrogens is 292 g/mol. The third kappa shape index (κ3) is 6.31. The van der Waals surface area contributed by atoms with Gasteiger partial charge in [-0.1, -0.05) is 60.7 Å². The van der Waals surface area contributed by atoms with E-state index in [1.165, 1.54) is 25.7 Å². The second-order valence-electron chi connectivity index (χ2n) is 4.40. The summed E-state index contributed by atoms with van der Waals surface area (Å²) in [5.41, 5.74) is 0.712. The number of ketones is 1. The van der Waals surface area contributed by atoms with Crippen LogP contribution in [0.15, 0.2) is 28.7 Å². The minimum atomic E-state index is 0.0519. The van der Waals surface area contributed by atoms with Crippen LogP contribution in [0.4, 0.5) is 0 Å². The third-order valence-corrected chi connectivity index (χ3v) is 3.32. The molecule has 0 unspecified atom stereocenters. The molecule has 0 radical (unpaired) electrons. The molecule has 3 heteroatoms. The van der Waals surface area contributed by atoms with Gasteiger partial charge in [0.05, 0.1) is 0 Å². The van der Waals surface area contributed by atoms with Crippen molar-refractivity contribution in [1.82, 2.24) is 0 Å². The van der Waals surface area contributed by atoms with Crippen LogP contribution >= 0.6 is 15.9 Å². The normalized spacial score (nSPS) is 10.6. The van der Waals surface area contributed by atoms with E-state index in [9.17, 15) is 4.79 Å². The molecule has 0 spiro atoms. The van der Waals surface area contributed by atoms with E-state index < -0.39 is 0 Å². The van der Waals surface area contributed by atoms with Crippen LogP contribution in [-0.2, 0) is 4.74 Å². The molecule has 0 saturated heterocycles. The maximum atomic E-state index is 11.8. The number of carbonyl (C=O) groups is 1. The Morgan fingerprint density at radius 3 is 2.44 bits per heavy atom. The number of hydrogen-bond acceptors (Lipinski definition) is 2. The van der Waals surface area contributed by atoms with Crippen LogP contribution in [0.5, 0.6) is 0 Å². The van der Waals surface area contributed by atoms with Gasteiger partial charge in [0.25, 0.3) is 0 Å². The lowest BCUT2D eigenvalue weighted by Crippen LogP contribution is -2.09. The van der Waals surface area contributed by atoms with E-state index in [1.807, 2.05) is 24.3 Å². The Hall–Kier alpha value is -0.670. The van der Waals surface area contributed by atoms with E-state index in [0.717, 1.165) is 10.9 Å². The maximum absolute atomic E-state index is 11.8. The predicted octanol–water partition coefficient (Wildman–Crippen LogP) is 4.62. The second-order valence-corrected chi connectivity index (χ2v) is 5.31. The fourth-order valence-electron chi connectivity index (χ4n) is 1.69. The number of Topliss-reactive ketones (excluding diaryl/α,β-unsaturated/α-hetero) is 1. The second kappa shape index (κ2) is 9.29. The first-order valence-corrected chi connectivity index (χ1v) is 7.40. The molecule has 0 aromatic heterocycles. The minimum Gasteiger partial charge on any atom is -0.373 e. The Labute approximate surface area is 118 Å². The highest BCUT2D eigenvalue weighted by atomic mass is 79.9. The smallest absolute Gasteiger partial charge is 0.188 e. The van der Waals surface area contributed by atoms with Crippen molar-refractivity contribution in [3.63, 3.8) is 0 Å². The Balaban J connectivity index is 2.12. The topological polar surface area (TPSA) is 26.3 Å². The van der Waals surface area contributed by atoms with Gasteiger partial charge in [-0.05, 0) is 18.6 Å². The fourth-order valence-corrected chi connectivity index (χ4v) is 1.96. The van der Waals surface area contributed by atoms with Crippen LogP contribution in [0.3, 0.4) is 0 Å². The molecule has 0 aliphatic rings. The molecule has 2 nitrogen and oxygen atoms in total. The summed E-state index contributed by atoms with van der Waals surface area (Å²) in [6.07, 6.45) is 6.05. The maximum Gasteiger partial charge on any atom is 0.188 e. The van der Waals surface area contributed by atoms with Gasteiger partial charge in [0.15, 0.2) is 5.78 Å². The molecule has 0 atom stereocenters. The van der Waals surface area contributed by atoms with Crippen molar-refractivity contribution in [3.8, 4) is 0 Å². The van der Waals surface area contributed by atoms with Crippen LogP contribution < -0.4 is 0 Å². The summed E-state index contributed by atoms with van der Waals surface area (Å²) in [6.45, 7) is 3.08. The molecule has 18 heavy (non-hydrogen) atoms. The largest absolute Gasteiger partial charge is 0.373 e. The summed E-state index contributed by atoms with van der Waals surface area (Å²) in [5.74, 6) is 0.0519. The summed E-state index contributed by atoms with van der Waals surface area (Å²) < 4.78 is 6.38. The molecule has 0 N–H and O–H groups in total. The molecule has 1 aromatic carbocycles. The highest BCUT2D eigenvalue weighted by molar-refractivity contribution is 9.10. The van der Waals surface area contributed by atoms with Crippen LogP contribution in [0.25, 0.3) is 0 Å². The number of rotatable bonds is 9. The van der Waals surface area contributed by atoms with Gasteiger partial charge >= 0.3 is 0 Å². The highest BCUT2D eigenvalue weighted by Gasteiger charge is 2.05. The van der Waals surface area contributed by atoms with E-state index in [4.69, 9.17) is 4.74 Å². The predicted molar refractivity (Wildman–Crippen MR) is 78.1 cm³/mol. The van der Waals surface area contributed by atoms with Gasteiger partial charge in [-0.3, -0.25) is 4.79 Å². The average Bonchev–Trinajstić information content (AvgIpc) is 2.38. The number of ether oxygens (including phenoxy) is 1. The van der Waals surface area contributed by atoms with Gasteiger partial charge in [-0.15, -0.1) is 0 Å². The highest BCUT2D eigenvalue weighted by Crippen LogP contribution is 2.11. The van der Waals surface area contributed by atoms with E-state index >= 15 is 0 Å². The van der Waals surface area contributed by atoms with Crippen molar-refractivity contribution in [2.24, 2.45) is 0 Å². The molecule has 100 valence electrons. The Morgan fingerprint density at radius 1 is 1.11 bits per heavy atom. The lowest BCUT2D eigenvalue weighted by molar-refractivity contribution is 0.0752. The van der Waals surface area contributed by atoms with Crippen LogP contribution in [0, 0.1) is 0 Å². The zero-order valence-electron chi connectivity index (χ0n) is 11.0. The first kappa shape index (κ1) is 15.4. The van der Waals surface area contributed by atoms with E-state index in [1.54, 1.807) is 0 Å². The number of unbranched alkanes of at least 4 members (excludes halogenated alkanes) is 4. The molecule has 0 aliphatic carbocycles. The third-order valence-electron chi connectivity index (χ3n) is 2.79. The van der Waals surface area contributed by atoms with Crippen molar-refractivity contribution >= 4 is 21.7 Å². The van der Waals surface area contributed by atoms with Crippen molar-refractivity contribution in [2.45, 2.75) is 39.0 Å². The Kier molecular flexibility index (Phi) is 7.94. The van der Waals surface area contributed by atoms with Gasteiger partial charge in [0, 0.05) is 16.6 Å². The Bertz CT molecular complexity index is 346. The number of carbonyl (C=O) groups excluding carboxylic acids is 1. The van der Waals surface area contributed by atoms with Gasteiger partial charge < -0.3 is 4.74 Å². The summed E-state index contributed by atoms with van der Waals surface area (Å²) in [6, 6.07) is 7.38. The van der Waals surface area contributed by atoms with Crippen molar-refractivity contribution in [1.29, 1.82) is 0 Å². The lowest BCUT2D eigenvalue weighted by atomic mass is 10.1. The fraction of sp³-hybridized carbons (Fsp3) is 0.533. The van der Waals surface area contributed by atoms with Gasteiger partial charge in [-0.2, -0.15) is 0 Å². The van der Waals surface area contributed by atoms with Crippen LogP contribution in [0.1, 0.15) is 49.4 Å². The Morgan fingerprint density at radius 2 is 1.78 bits per heavy atom.